The van der Waals surface area contributed by atoms with Gasteiger partial charge in [0.15, 0.2) is 0 Å². The van der Waals surface area contributed by atoms with Crippen molar-refractivity contribution in [1.82, 2.24) is 9.97 Å². The van der Waals surface area contributed by atoms with Crippen LogP contribution in [0.5, 0.6) is 0 Å². The quantitative estimate of drug-likeness (QED) is 0.528. The topological polar surface area (TPSA) is 107 Å². The fourth-order valence-electron chi connectivity index (χ4n) is 1.88. The van der Waals surface area contributed by atoms with Crippen LogP contribution in [-0.4, -0.2) is 26.8 Å². The molecule has 1 aromatic carbocycles. The highest BCUT2D eigenvalue weighted by atomic mass is 79.9. The molecule has 0 radical (unpaired) electrons. The first-order valence-corrected chi connectivity index (χ1v) is 7.61. The minimum Gasteiger partial charge on any atom is -0.481 e. The summed E-state index contributed by atoms with van der Waals surface area (Å²) in [5, 5.41) is 13.1. The van der Waals surface area contributed by atoms with Gasteiger partial charge in [-0.15, -0.1) is 0 Å². The average Bonchev–Trinajstić information content (AvgIpc) is 2.47. The number of aryl methyl sites for hydroxylation is 1. The Hall–Kier alpha value is -2.48. The third-order valence-corrected chi connectivity index (χ3v) is 3.45. The van der Waals surface area contributed by atoms with Crippen LogP contribution in [0, 0.1) is 6.92 Å². The predicted molar refractivity (Wildman–Crippen MR) is 90.8 cm³/mol. The van der Waals surface area contributed by atoms with Gasteiger partial charge < -0.3 is 5.11 Å². The number of nitrogens with zero attached hydrogens (tertiary/aromatic N) is 2. The van der Waals surface area contributed by atoms with Gasteiger partial charge in [0, 0.05) is 22.7 Å². The van der Waals surface area contributed by atoms with Crippen LogP contribution in [0.15, 0.2) is 44.7 Å². The van der Waals surface area contributed by atoms with E-state index in [1.165, 1.54) is 6.07 Å². The molecule has 0 saturated heterocycles. The van der Waals surface area contributed by atoms with Crippen LogP contribution >= 0.6 is 15.9 Å². The highest BCUT2D eigenvalue weighted by molar-refractivity contribution is 9.10. The number of benzene rings is 1. The van der Waals surface area contributed by atoms with E-state index in [-0.39, 0.29) is 24.3 Å². The maximum Gasteiger partial charge on any atom is 0.303 e. The number of aliphatic carboxylic acids is 1. The number of carbonyl (C=O) groups is 1. The van der Waals surface area contributed by atoms with E-state index in [1.54, 1.807) is 6.92 Å². The summed E-state index contributed by atoms with van der Waals surface area (Å²) >= 11 is 3.35. The van der Waals surface area contributed by atoms with Crippen LogP contribution in [-0.2, 0) is 4.79 Å². The molecule has 120 valence electrons. The third kappa shape index (κ3) is 5.33. The number of H-pyrrole nitrogens is 1. The molecule has 0 aliphatic rings. The summed E-state index contributed by atoms with van der Waals surface area (Å²) in [5.74, 6) is -0.697. The van der Waals surface area contributed by atoms with Crippen molar-refractivity contribution >= 4 is 33.6 Å². The molecular formula is C15H15BrN4O3. The lowest BCUT2D eigenvalue weighted by atomic mass is 10.1. The van der Waals surface area contributed by atoms with Gasteiger partial charge in [-0.2, -0.15) is 5.10 Å². The number of aromatic nitrogens is 2. The molecule has 1 heterocycles. The minimum absolute atomic E-state index is 0.0473. The number of rotatable bonds is 6. The summed E-state index contributed by atoms with van der Waals surface area (Å²) in [6.45, 7) is 1.70. The van der Waals surface area contributed by atoms with E-state index in [0.29, 0.717) is 11.4 Å². The van der Waals surface area contributed by atoms with Crippen LogP contribution in [0.4, 0.5) is 5.95 Å². The summed E-state index contributed by atoms with van der Waals surface area (Å²) in [6.07, 6.45) is 0.203. The molecule has 0 aliphatic heterocycles. The summed E-state index contributed by atoms with van der Waals surface area (Å²) in [7, 11) is 0. The van der Waals surface area contributed by atoms with E-state index in [0.717, 1.165) is 10.0 Å². The number of anilines is 1. The van der Waals surface area contributed by atoms with Crippen LogP contribution in [0.25, 0.3) is 0 Å². The Labute approximate surface area is 140 Å². The van der Waals surface area contributed by atoms with Gasteiger partial charge in [-0.25, -0.2) is 10.4 Å². The second kappa shape index (κ2) is 7.68. The number of nitrogens with one attached hydrogen (secondary N) is 2. The number of halogens is 1. The van der Waals surface area contributed by atoms with Crippen LogP contribution in [0.2, 0.25) is 0 Å². The molecule has 0 unspecified atom stereocenters. The molecule has 0 atom stereocenters. The fourth-order valence-corrected chi connectivity index (χ4v) is 2.15. The fraction of sp³-hybridized carbons (Fsp3) is 0.200. The third-order valence-electron chi connectivity index (χ3n) is 2.92. The van der Waals surface area contributed by atoms with Crippen molar-refractivity contribution in [2.75, 3.05) is 5.43 Å². The van der Waals surface area contributed by atoms with Gasteiger partial charge in [0.05, 0.1) is 12.1 Å². The second-order valence-corrected chi connectivity index (χ2v) is 5.72. The number of hydrogen-bond acceptors (Lipinski definition) is 5. The van der Waals surface area contributed by atoms with Crippen LogP contribution in [0.1, 0.15) is 24.1 Å². The zero-order valence-electron chi connectivity index (χ0n) is 12.3. The number of hydrogen-bond donors (Lipinski definition) is 3. The lowest BCUT2D eigenvalue weighted by molar-refractivity contribution is -0.136. The standard InChI is InChI=1S/C15H15BrN4O3/c1-9-8-13(21)18-15(17-9)20-19-12(6-7-14(22)23)10-2-4-11(16)5-3-10/h2-5,8H,6-7H2,1H3,(H,22,23)(H2,17,18,20,21)/b19-12-. The SMILES string of the molecule is Cc1cc(=O)[nH]c(N/N=C(/CCC(=O)O)c2ccc(Br)cc2)n1. The summed E-state index contributed by atoms with van der Waals surface area (Å²) in [4.78, 5) is 28.9. The predicted octanol–water partition coefficient (Wildman–Crippen LogP) is 2.52. The molecule has 0 bridgehead atoms. The van der Waals surface area contributed by atoms with Crippen molar-refractivity contribution < 1.29 is 9.90 Å². The number of aromatic amines is 1. The monoisotopic (exact) mass is 378 g/mol. The second-order valence-electron chi connectivity index (χ2n) is 4.81. The molecule has 0 spiro atoms. The highest BCUT2D eigenvalue weighted by Crippen LogP contribution is 2.13. The molecule has 0 amide bonds. The molecule has 23 heavy (non-hydrogen) atoms. The largest absolute Gasteiger partial charge is 0.481 e. The first-order valence-electron chi connectivity index (χ1n) is 6.82. The minimum atomic E-state index is -0.906. The maximum atomic E-state index is 11.4. The van der Waals surface area contributed by atoms with E-state index < -0.39 is 5.97 Å². The van der Waals surface area contributed by atoms with Crippen molar-refractivity contribution in [1.29, 1.82) is 0 Å². The Bertz CT molecular complexity index is 784. The van der Waals surface area contributed by atoms with E-state index in [9.17, 15) is 9.59 Å². The van der Waals surface area contributed by atoms with E-state index >= 15 is 0 Å². The number of carboxylic acid groups (broad SMARTS) is 1. The summed E-state index contributed by atoms with van der Waals surface area (Å²) in [5.41, 5.74) is 4.30. The lowest BCUT2D eigenvalue weighted by Gasteiger charge is -2.07. The van der Waals surface area contributed by atoms with Crippen LogP contribution in [0.3, 0.4) is 0 Å². The van der Waals surface area contributed by atoms with Crippen LogP contribution < -0.4 is 11.0 Å². The molecule has 0 saturated carbocycles. The zero-order valence-corrected chi connectivity index (χ0v) is 13.9. The van der Waals surface area contributed by atoms with E-state index in [4.69, 9.17) is 5.11 Å². The summed E-state index contributed by atoms with van der Waals surface area (Å²) in [6, 6.07) is 8.73. The first kappa shape index (κ1) is 16.9. The Morgan fingerprint density at radius 3 is 2.65 bits per heavy atom. The number of hydrazone groups is 1. The van der Waals surface area contributed by atoms with Crippen molar-refractivity contribution in [3.05, 3.63) is 56.4 Å². The highest BCUT2D eigenvalue weighted by Gasteiger charge is 2.08. The van der Waals surface area contributed by atoms with Crippen molar-refractivity contribution in [2.24, 2.45) is 5.10 Å². The maximum absolute atomic E-state index is 11.4. The molecule has 1 aromatic heterocycles. The Kier molecular flexibility index (Phi) is 5.64. The molecule has 2 rings (SSSR count). The van der Waals surface area contributed by atoms with Gasteiger partial charge in [-0.3, -0.25) is 14.6 Å². The van der Waals surface area contributed by atoms with Gasteiger partial charge in [0.1, 0.15) is 0 Å². The molecule has 2 aromatic rings. The summed E-state index contributed by atoms with van der Waals surface area (Å²) < 4.78 is 0.913. The van der Waals surface area contributed by atoms with E-state index in [1.807, 2.05) is 24.3 Å². The van der Waals surface area contributed by atoms with Crippen molar-refractivity contribution in [3.63, 3.8) is 0 Å². The number of carboxylic acids is 1. The molecule has 0 fully saturated rings. The van der Waals surface area contributed by atoms with Crippen molar-refractivity contribution in [2.45, 2.75) is 19.8 Å². The van der Waals surface area contributed by atoms with E-state index in [2.05, 4.69) is 36.4 Å². The Morgan fingerprint density at radius 1 is 1.35 bits per heavy atom. The smallest absolute Gasteiger partial charge is 0.303 e. The average molecular weight is 379 g/mol. The van der Waals surface area contributed by atoms with Crippen molar-refractivity contribution in [3.8, 4) is 0 Å². The van der Waals surface area contributed by atoms with Gasteiger partial charge in [-0.05, 0) is 24.6 Å². The molecule has 8 heteroatoms. The Morgan fingerprint density at radius 2 is 2.04 bits per heavy atom. The van der Waals surface area contributed by atoms with Gasteiger partial charge in [0.2, 0.25) is 5.95 Å². The van der Waals surface area contributed by atoms with Gasteiger partial charge >= 0.3 is 5.97 Å². The first-order chi connectivity index (χ1) is 10.9. The molecule has 0 aliphatic carbocycles. The Balaban J connectivity index is 2.26. The zero-order chi connectivity index (χ0) is 16.8. The molecule has 7 nitrogen and oxygen atoms in total. The van der Waals surface area contributed by atoms with Gasteiger partial charge in [-0.1, -0.05) is 28.1 Å². The lowest BCUT2D eigenvalue weighted by Crippen LogP contribution is -2.13. The van der Waals surface area contributed by atoms with Gasteiger partial charge in [0.25, 0.3) is 5.56 Å². The molecular weight excluding hydrogens is 364 g/mol. The normalized spacial score (nSPS) is 11.3. The molecule has 3 N–H and O–H groups in total.